The molecule has 0 saturated carbocycles. The van der Waals surface area contributed by atoms with E-state index in [1.807, 2.05) is 42.7 Å². The van der Waals surface area contributed by atoms with Gasteiger partial charge >= 0.3 is 0 Å². The van der Waals surface area contributed by atoms with Crippen molar-refractivity contribution in [2.45, 2.75) is 18.2 Å². The molecule has 5 heteroatoms. The Bertz CT molecular complexity index is 628. The van der Waals surface area contributed by atoms with E-state index in [1.54, 1.807) is 23.9 Å². The minimum Gasteiger partial charge on any atom is -0.494 e. The summed E-state index contributed by atoms with van der Waals surface area (Å²) in [5, 5.41) is 2.86. The van der Waals surface area contributed by atoms with Gasteiger partial charge in [0.2, 0.25) is 0 Å². The molecule has 2 aromatic carbocycles. The Hall–Kier alpha value is -2.14. The molecule has 1 N–H and O–H groups in total. The fourth-order valence-corrected chi connectivity index (χ4v) is 2.49. The van der Waals surface area contributed by atoms with E-state index in [0.29, 0.717) is 12.4 Å². The van der Waals surface area contributed by atoms with Crippen molar-refractivity contribution in [1.29, 1.82) is 0 Å². The van der Waals surface area contributed by atoms with Crippen LogP contribution < -0.4 is 14.8 Å². The predicted octanol–water partition coefficient (Wildman–Crippen LogP) is 4.21. The van der Waals surface area contributed by atoms with Crippen LogP contribution in [0, 0.1) is 0 Å². The van der Waals surface area contributed by atoms with E-state index >= 15 is 0 Å². The maximum absolute atomic E-state index is 12.0. The molecule has 0 aliphatic heterocycles. The number of amides is 1. The monoisotopic (exact) mass is 331 g/mol. The molecule has 0 aliphatic carbocycles. The molecule has 0 aromatic heterocycles. The summed E-state index contributed by atoms with van der Waals surface area (Å²) in [6.45, 7) is 2.72. The topological polar surface area (TPSA) is 47.6 Å². The third-order valence-corrected chi connectivity index (χ3v) is 3.84. The number of hydrogen-bond acceptors (Lipinski definition) is 4. The van der Waals surface area contributed by atoms with E-state index in [1.165, 1.54) is 0 Å². The average molecular weight is 331 g/mol. The SMILES string of the molecule is CCCOc1ccc(OCC(=O)Nc2ccccc2SC)cc1. The highest BCUT2D eigenvalue weighted by Gasteiger charge is 2.07. The fraction of sp³-hybridized carbons (Fsp3) is 0.278. The summed E-state index contributed by atoms with van der Waals surface area (Å²) in [7, 11) is 0. The number of ether oxygens (including phenoxy) is 2. The van der Waals surface area contributed by atoms with Crippen molar-refractivity contribution in [2.24, 2.45) is 0 Å². The van der Waals surface area contributed by atoms with Crippen LogP contribution in [0.3, 0.4) is 0 Å². The molecule has 0 spiro atoms. The normalized spacial score (nSPS) is 10.2. The molecule has 4 nitrogen and oxygen atoms in total. The lowest BCUT2D eigenvalue weighted by Gasteiger charge is -2.10. The lowest BCUT2D eigenvalue weighted by Crippen LogP contribution is -2.20. The molecular formula is C18H21NO3S. The smallest absolute Gasteiger partial charge is 0.262 e. The van der Waals surface area contributed by atoms with Crippen molar-refractivity contribution in [2.75, 3.05) is 24.8 Å². The van der Waals surface area contributed by atoms with E-state index in [-0.39, 0.29) is 12.5 Å². The van der Waals surface area contributed by atoms with Gasteiger partial charge in [-0.05, 0) is 49.1 Å². The number of nitrogens with one attached hydrogen (secondary N) is 1. The van der Waals surface area contributed by atoms with Crippen LogP contribution in [0.4, 0.5) is 5.69 Å². The summed E-state index contributed by atoms with van der Waals surface area (Å²) in [5.74, 6) is 1.26. The Morgan fingerprint density at radius 1 is 1.04 bits per heavy atom. The number of benzene rings is 2. The standard InChI is InChI=1S/C18H21NO3S/c1-3-12-21-14-8-10-15(11-9-14)22-13-18(20)19-16-6-4-5-7-17(16)23-2/h4-11H,3,12-13H2,1-2H3,(H,19,20). The lowest BCUT2D eigenvalue weighted by molar-refractivity contribution is -0.118. The van der Waals surface area contributed by atoms with E-state index in [9.17, 15) is 4.79 Å². The molecule has 122 valence electrons. The van der Waals surface area contributed by atoms with Gasteiger partial charge in [0.05, 0.1) is 12.3 Å². The van der Waals surface area contributed by atoms with Gasteiger partial charge in [-0.1, -0.05) is 19.1 Å². The maximum Gasteiger partial charge on any atom is 0.262 e. The average Bonchev–Trinajstić information content (AvgIpc) is 2.59. The van der Waals surface area contributed by atoms with Crippen molar-refractivity contribution in [3.05, 3.63) is 48.5 Å². The van der Waals surface area contributed by atoms with Crippen LogP contribution in [0.15, 0.2) is 53.4 Å². The first kappa shape index (κ1) is 17.2. The van der Waals surface area contributed by atoms with Crippen LogP contribution in [-0.4, -0.2) is 25.4 Å². The van der Waals surface area contributed by atoms with Gasteiger partial charge < -0.3 is 14.8 Å². The van der Waals surface area contributed by atoms with Gasteiger partial charge in [-0.15, -0.1) is 11.8 Å². The van der Waals surface area contributed by atoms with Crippen molar-refractivity contribution in [3.63, 3.8) is 0 Å². The first-order chi connectivity index (χ1) is 11.2. The second-order valence-corrected chi connectivity index (χ2v) is 5.71. The summed E-state index contributed by atoms with van der Waals surface area (Å²) in [6.07, 6.45) is 2.94. The Balaban J connectivity index is 1.84. The van der Waals surface area contributed by atoms with Crippen molar-refractivity contribution < 1.29 is 14.3 Å². The number of anilines is 1. The number of rotatable bonds is 8. The Morgan fingerprint density at radius 2 is 1.70 bits per heavy atom. The number of carbonyl (C=O) groups excluding carboxylic acids is 1. The molecule has 0 bridgehead atoms. The van der Waals surface area contributed by atoms with E-state index in [0.717, 1.165) is 22.8 Å². The highest BCUT2D eigenvalue weighted by atomic mass is 32.2. The number of thioether (sulfide) groups is 1. The van der Waals surface area contributed by atoms with E-state index < -0.39 is 0 Å². The zero-order valence-corrected chi connectivity index (χ0v) is 14.2. The van der Waals surface area contributed by atoms with Gasteiger partial charge in [0.15, 0.2) is 6.61 Å². The van der Waals surface area contributed by atoms with E-state index in [4.69, 9.17) is 9.47 Å². The highest BCUT2D eigenvalue weighted by molar-refractivity contribution is 7.98. The Labute approximate surface area is 141 Å². The molecule has 0 aliphatic rings. The summed E-state index contributed by atoms with van der Waals surface area (Å²) in [5.41, 5.74) is 0.803. The second kappa shape index (κ2) is 9.10. The van der Waals surface area contributed by atoms with Crippen LogP contribution in [0.5, 0.6) is 11.5 Å². The third-order valence-electron chi connectivity index (χ3n) is 3.05. The molecule has 0 fully saturated rings. The molecule has 0 heterocycles. The first-order valence-corrected chi connectivity index (χ1v) is 8.74. The fourth-order valence-electron chi connectivity index (χ4n) is 1.94. The Morgan fingerprint density at radius 3 is 2.35 bits per heavy atom. The first-order valence-electron chi connectivity index (χ1n) is 7.51. The van der Waals surface area contributed by atoms with Crippen molar-refractivity contribution in [1.82, 2.24) is 0 Å². The van der Waals surface area contributed by atoms with Crippen LogP contribution in [0.25, 0.3) is 0 Å². The predicted molar refractivity (Wildman–Crippen MR) is 94.6 cm³/mol. The van der Waals surface area contributed by atoms with Crippen LogP contribution >= 0.6 is 11.8 Å². The molecular weight excluding hydrogens is 310 g/mol. The molecule has 0 unspecified atom stereocenters. The molecule has 1 amide bonds. The van der Waals surface area contributed by atoms with Gasteiger partial charge in [0, 0.05) is 4.90 Å². The Kier molecular flexibility index (Phi) is 6.81. The summed E-state index contributed by atoms with van der Waals surface area (Å²) in [6, 6.07) is 15.0. The second-order valence-electron chi connectivity index (χ2n) is 4.86. The molecule has 2 rings (SSSR count). The number of carbonyl (C=O) groups is 1. The quantitative estimate of drug-likeness (QED) is 0.736. The number of hydrogen-bond donors (Lipinski definition) is 1. The highest BCUT2D eigenvalue weighted by Crippen LogP contribution is 2.24. The van der Waals surface area contributed by atoms with Crippen LogP contribution in [0.1, 0.15) is 13.3 Å². The minimum atomic E-state index is -0.183. The lowest BCUT2D eigenvalue weighted by atomic mass is 10.3. The summed E-state index contributed by atoms with van der Waals surface area (Å²) >= 11 is 1.59. The van der Waals surface area contributed by atoms with E-state index in [2.05, 4.69) is 12.2 Å². The molecule has 2 aromatic rings. The summed E-state index contributed by atoms with van der Waals surface area (Å²) in [4.78, 5) is 13.0. The molecule has 0 atom stereocenters. The van der Waals surface area contributed by atoms with Crippen LogP contribution in [0.2, 0.25) is 0 Å². The van der Waals surface area contributed by atoms with Gasteiger partial charge in [0.1, 0.15) is 11.5 Å². The molecule has 23 heavy (non-hydrogen) atoms. The molecule has 0 radical (unpaired) electrons. The minimum absolute atomic E-state index is 0.0299. The molecule has 0 saturated heterocycles. The third kappa shape index (κ3) is 5.53. The van der Waals surface area contributed by atoms with Gasteiger partial charge in [-0.3, -0.25) is 4.79 Å². The van der Waals surface area contributed by atoms with Crippen molar-refractivity contribution in [3.8, 4) is 11.5 Å². The van der Waals surface area contributed by atoms with Crippen LogP contribution in [-0.2, 0) is 4.79 Å². The number of para-hydroxylation sites is 1. The summed E-state index contributed by atoms with van der Waals surface area (Å²) < 4.78 is 11.0. The van der Waals surface area contributed by atoms with Crippen molar-refractivity contribution >= 4 is 23.4 Å². The van der Waals surface area contributed by atoms with Gasteiger partial charge in [-0.2, -0.15) is 0 Å². The maximum atomic E-state index is 12.0. The largest absolute Gasteiger partial charge is 0.494 e. The zero-order chi connectivity index (χ0) is 16.5. The van der Waals surface area contributed by atoms with Gasteiger partial charge in [0.25, 0.3) is 5.91 Å². The zero-order valence-electron chi connectivity index (χ0n) is 13.4. The van der Waals surface area contributed by atoms with Gasteiger partial charge in [-0.25, -0.2) is 0 Å².